The van der Waals surface area contributed by atoms with E-state index in [0.717, 1.165) is 31.5 Å². The van der Waals surface area contributed by atoms with E-state index in [1.807, 2.05) is 6.07 Å². The molecule has 1 saturated heterocycles. The summed E-state index contributed by atoms with van der Waals surface area (Å²) in [6.45, 7) is 1.56. The number of anilines is 2. The number of nitrogens with one attached hydrogen (secondary N) is 1. The summed E-state index contributed by atoms with van der Waals surface area (Å²) in [4.78, 5) is 22.6. The van der Waals surface area contributed by atoms with E-state index >= 15 is 0 Å². The monoisotopic (exact) mass is 341 g/mol. The largest absolute Gasteiger partial charge is 0.354 e. The first kappa shape index (κ1) is 15.5. The zero-order valence-electron chi connectivity index (χ0n) is 13.3. The predicted octanol–water partition coefficient (Wildman–Crippen LogP) is 1.05. The van der Waals surface area contributed by atoms with Gasteiger partial charge in [-0.3, -0.25) is 4.79 Å². The Morgan fingerprint density at radius 2 is 2.12 bits per heavy atom. The third-order valence-corrected chi connectivity index (χ3v) is 4.10. The fraction of sp³-hybridized carbons (Fsp3) is 0.250. The topological polar surface area (TPSA) is 101 Å². The molecule has 1 atom stereocenters. The number of pyridine rings is 1. The van der Waals surface area contributed by atoms with Gasteiger partial charge in [-0.05, 0) is 30.7 Å². The van der Waals surface area contributed by atoms with Gasteiger partial charge in [0.05, 0.1) is 12.4 Å². The van der Waals surface area contributed by atoms with Gasteiger partial charge in [-0.2, -0.15) is 0 Å². The average molecular weight is 341 g/mol. The van der Waals surface area contributed by atoms with Crippen LogP contribution in [0.3, 0.4) is 0 Å². The highest BCUT2D eigenvalue weighted by molar-refractivity contribution is 6.02. The molecule has 0 aromatic carbocycles. The van der Waals surface area contributed by atoms with Crippen molar-refractivity contribution >= 4 is 23.2 Å². The van der Waals surface area contributed by atoms with Crippen LogP contribution < -0.4 is 16.0 Å². The number of halogens is 1. The highest BCUT2D eigenvalue weighted by Gasteiger charge is 2.22. The van der Waals surface area contributed by atoms with E-state index in [9.17, 15) is 9.18 Å². The molecule has 3 aromatic rings. The highest BCUT2D eigenvalue weighted by Crippen LogP contribution is 2.18. The van der Waals surface area contributed by atoms with Crippen molar-refractivity contribution in [2.45, 2.75) is 12.5 Å². The molecule has 8 nitrogen and oxygen atoms in total. The minimum Gasteiger partial charge on any atom is -0.354 e. The highest BCUT2D eigenvalue weighted by atomic mass is 19.1. The summed E-state index contributed by atoms with van der Waals surface area (Å²) in [5.74, 6) is 0.104. The van der Waals surface area contributed by atoms with Crippen LogP contribution in [0, 0.1) is 5.82 Å². The fourth-order valence-corrected chi connectivity index (χ4v) is 2.81. The van der Waals surface area contributed by atoms with Gasteiger partial charge in [0.25, 0.3) is 5.91 Å². The minimum atomic E-state index is -0.470. The molecule has 3 aromatic heterocycles. The van der Waals surface area contributed by atoms with Gasteiger partial charge in [0.15, 0.2) is 11.3 Å². The van der Waals surface area contributed by atoms with E-state index < -0.39 is 11.7 Å². The van der Waals surface area contributed by atoms with Crippen molar-refractivity contribution in [3.8, 4) is 0 Å². The predicted molar refractivity (Wildman–Crippen MR) is 89.9 cm³/mol. The third kappa shape index (κ3) is 3.01. The molecule has 25 heavy (non-hydrogen) atoms. The molecule has 4 rings (SSSR count). The van der Waals surface area contributed by atoms with Crippen LogP contribution in [-0.2, 0) is 0 Å². The molecule has 3 N–H and O–H groups in total. The Balaban J connectivity index is 1.62. The molecule has 0 radical (unpaired) electrons. The number of imidazole rings is 1. The number of nitrogens with two attached hydrogens (primary N) is 1. The number of amides is 1. The van der Waals surface area contributed by atoms with Gasteiger partial charge in [-0.25, -0.2) is 18.9 Å². The molecular weight excluding hydrogens is 325 g/mol. The summed E-state index contributed by atoms with van der Waals surface area (Å²) in [6.07, 6.45) is 3.39. The second kappa shape index (κ2) is 6.10. The van der Waals surface area contributed by atoms with Gasteiger partial charge in [0.2, 0.25) is 0 Å². The lowest BCUT2D eigenvalue weighted by Crippen LogP contribution is -2.27. The van der Waals surface area contributed by atoms with E-state index in [2.05, 4.69) is 25.3 Å². The van der Waals surface area contributed by atoms with Crippen LogP contribution in [0.5, 0.6) is 0 Å². The number of aromatic nitrogens is 4. The molecule has 1 amide bonds. The van der Waals surface area contributed by atoms with Crippen LogP contribution in [0.1, 0.15) is 16.9 Å². The Bertz CT molecular complexity index is 924. The van der Waals surface area contributed by atoms with Crippen LogP contribution in [0.4, 0.5) is 16.0 Å². The number of rotatable bonds is 3. The number of carbonyl (C=O) groups is 1. The second-order valence-electron chi connectivity index (χ2n) is 5.92. The van der Waals surface area contributed by atoms with E-state index in [1.165, 1.54) is 22.8 Å². The maximum Gasteiger partial charge on any atom is 0.277 e. The molecule has 1 aliphatic heterocycles. The molecule has 128 valence electrons. The summed E-state index contributed by atoms with van der Waals surface area (Å²) in [5, 5.41) is 7.12. The summed E-state index contributed by atoms with van der Waals surface area (Å²) in [5.41, 5.74) is 6.77. The van der Waals surface area contributed by atoms with Crippen molar-refractivity contribution in [2.24, 2.45) is 5.73 Å². The molecule has 1 fully saturated rings. The molecule has 9 heteroatoms. The maximum atomic E-state index is 12.9. The average Bonchev–Trinajstić information content (AvgIpc) is 3.22. The molecule has 4 heterocycles. The van der Waals surface area contributed by atoms with Crippen LogP contribution >= 0.6 is 0 Å². The van der Waals surface area contributed by atoms with Gasteiger partial charge in [-0.15, -0.1) is 5.10 Å². The number of nitrogens with zero attached hydrogens (tertiary/aromatic N) is 5. The number of fused-ring (bicyclic) bond motifs is 1. The normalized spacial score (nSPS) is 17.2. The lowest BCUT2D eigenvalue weighted by atomic mass is 10.3. The zero-order chi connectivity index (χ0) is 17.4. The summed E-state index contributed by atoms with van der Waals surface area (Å²) in [7, 11) is 0. The van der Waals surface area contributed by atoms with E-state index in [4.69, 9.17) is 5.73 Å². The van der Waals surface area contributed by atoms with Crippen LogP contribution in [0.25, 0.3) is 5.65 Å². The smallest absolute Gasteiger partial charge is 0.277 e. The molecule has 0 spiro atoms. The number of hydrogen-bond donors (Lipinski definition) is 2. The van der Waals surface area contributed by atoms with E-state index in [-0.39, 0.29) is 17.6 Å². The second-order valence-corrected chi connectivity index (χ2v) is 5.92. The van der Waals surface area contributed by atoms with Gasteiger partial charge < -0.3 is 16.0 Å². The number of carbonyl (C=O) groups excluding carboxylic acids is 1. The van der Waals surface area contributed by atoms with Crippen molar-refractivity contribution < 1.29 is 9.18 Å². The fourth-order valence-electron chi connectivity index (χ4n) is 2.81. The van der Waals surface area contributed by atoms with Crippen molar-refractivity contribution in [2.75, 3.05) is 23.3 Å². The van der Waals surface area contributed by atoms with Crippen molar-refractivity contribution in [3.63, 3.8) is 0 Å². The molecule has 1 aliphatic rings. The van der Waals surface area contributed by atoms with Crippen molar-refractivity contribution in [1.82, 2.24) is 19.6 Å². The molecule has 0 aliphatic carbocycles. The lowest BCUT2D eigenvalue weighted by molar-refractivity contribution is 0.102. The van der Waals surface area contributed by atoms with Gasteiger partial charge >= 0.3 is 0 Å². The first-order valence-electron chi connectivity index (χ1n) is 7.88. The van der Waals surface area contributed by atoms with Crippen molar-refractivity contribution in [1.29, 1.82) is 0 Å². The zero-order valence-corrected chi connectivity index (χ0v) is 13.3. The van der Waals surface area contributed by atoms with Crippen LogP contribution in [0.2, 0.25) is 0 Å². The van der Waals surface area contributed by atoms with E-state index in [0.29, 0.717) is 5.65 Å². The molecular formula is C16H16FN7O. The first-order valence-corrected chi connectivity index (χ1v) is 7.88. The maximum absolute atomic E-state index is 12.9. The van der Waals surface area contributed by atoms with E-state index in [1.54, 1.807) is 6.07 Å². The standard InChI is InChI=1S/C16H16FN7O/c17-10-1-2-13(19-7-10)21-16(25)12-8-20-14-3-4-15(22-24(12)14)23-6-5-11(18)9-23/h1-4,7-8,11H,5-6,9,18H2,(H,19,21,25)/t11-/m0/s1. The van der Waals surface area contributed by atoms with Gasteiger partial charge in [0.1, 0.15) is 17.5 Å². The van der Waals surface area contributed by atoms with Crippen LogP contribution in [0.15, 0.2) is 36.7 Å². The summed E-state index contributed by atoms with van der Waals surface area (Å²) >= 11 is 0. The minimum absolute atomic E-state index is 0.132. The Morgan fingerprint density at radius 1 is 1.24 bits per heavy atom. The molecule has 0 unspecified atom stereocenters. The first-order chi connectivity index (χ1) is 12.1. The van der Waals surface area contributed by atoms with Gasteiger partial charge in [-0.1, -0.05) is 0 Å². The molecule has 0 saturated carbocycles. The quantitative estimate of drug-likeness (QED) is 0.738. The Morgan fingerprint density at radius 3 is 2.84 bits per heavy atom. The van der Waals surface area contributed by atoms with Crippen LogP contribution in [-0.4, -0.2) is 44.6 Å². The Kier molecular flexibility index (Phi) is 3.77. The summed E-state index contributed by atoms with van der Waals surface area (Å²) < 4.78 is 14.4. The Labute approximate surface area is 142 Å². The summed E-state index contributed by atoms with van der Waals surface area (Å²) in [6, 6.07) is 6.42. The van der Waals surface area contributed by atoms with Gasteiger partial charge in [0, 0.05) is 19.1 Å². The SMILES string of the molecule is N[C@H]1CCN(c2ccc3ncc(C(=O)Nc4ccc(F)cn4)n3n2)C1. The molecule has 0 bridgehead atoms. The number of hydrogen-bond acceptors (Lipinski definition) is 6. The third-order valence-electron chi connectivity index (χ3n) is 4.10. The Hall–Kier alpha value is -3.07. The lowest BCUT2D eigenvalue weighted by Gasteiger charge is -2.16. The van der Waals surface area contributed by atoms with Crippen molar-refractivity contribution in [3.05, 3.63) is 48.2 Å².